The number of alkyl halides is 2. The number of hydrogen-bond donors (Lipinski definition) is 1. The number of nitrogens with two attached hydrogens (primary N) is 1. The molecule has 0 unspecified atom stereocenters. The first kappa shape index (κ1) is 15.8. The normalized spacial score (nSPS) is 14.7. The molecule has 1 aliphatic rings. The van der Waals surface area contributed by atoms with Crippen LogP contribution in [0.5, 0.6) is 0 Å². The largest absolute Gasteiger partial charge is 0.362 e. The average molecular weight is 320 g/mol. The van der Waals surface area contributed by atoms with Gasteiger partial charge in [-0.3, -0.25) is 0 Å². The standard InChI is InChI=1S/C17H22F2N4/c1-21-6-7-22(12-21)11-15-9-14-8-13(10-20)2-3-16(14)23(15)5-4-17(18)19/h2-3,6-9,17H,4-5,10-12,20H2,1H3. The second kappa shape index (κ2) is 6.58. The zero-order chi connectivity index (χ0) is 16.4. The molecule has 0 fully saturated rings. The number of nitrogens with zero attached hydrogens (tertiary/aromatic N) is 3. The molecule has 3 rings (SSSR count). The molecule has 6 heteroatoms. The molecule has 0 saturated heterocycles. The van der Waals surface area contributed by atoms with Gasteiger partial charge in [-0.1, -0.05) is 6.07 Å². The molecule has 2 aromatic rings. The molecule has 124 valence electrons. The maximum Gasteiger partial charge on any atom is 0.240 e. The lowest BCUT2D eigenvalue weighted by Crippen LogP contribution is -2.23. The van der Waals surface area contributed by atoms with Crippen LogP contribution in [-0.2, 0) is 19.6 Å². The van der Waals surface area contributed by atoms with Crippen molar-refractivity contribution in [1.29, 1.82) is 0 Å². The van der Waals surface area contributed by atoms with E-state index in [1.54, 1.807) is 0 Å². The average Bonchev–Trinajstić information content (AvgIpc) is 3.07. The van der Waals surface area contributed by atoms with Crippen LogP contribution in [0.3, 0.4) is 0 Å². The summed E-state index contributed by atoms with van der Waals surface area (Å²) in [6, 6.07) is 8.09. The molecule has 2 N–H and O–H groups in total. The number of rotatable bonds is 6. The highest BCUT2D eigenvalue weighted by atomic mass is 19.3. The van der Waals surface area contributed by atoms with E-state index in [1.807, 2.05) is 42.2 Å². The lowest BCUT2D eigenvalue weighted by molar-refractivity contribution is 0.131. The summed E-state index contributed by atoms with van der Waals surface area (Å²) in [6.45, 7) is 2.32. The second-order valence-electron chi connectivity index (χ2n) is 6.01. The summed E-state index contributed by atoms with van der Waals surface area (Å²) >= 11 is 0. The van der Waals surface area contributed by atoms with Gasteiger partial charge in [-0.15, -0.1) is 0 Å². The van der Waals surface area contributed by atoms with Gasteiger partial charge in [0, 0.05) is 55.6 Å². The van der Waals surface area contributed by atoms with E-state index in [1.165, 1.54) is 0 Å². The fraction of sp³-hybridized carbons (Fsp3) is 0.412. The highest BCUT2D eigenvalue weighted by Crippen LogP contribution is 2.24. The first-order valence-corrected chi connectivity index (χ1v) is 7.78. The first-order valence-electron chi connectivity index (χ1n) is 7.78. The fourth-order valence-corrected chi connectivity index (χ4v) is 3.03. The molecule has 0 saturated carbocycles. The Kier molecular flexibility index (Phi) is 4.52. The third-order valence-corrected chi connectivity index (χ3v) is 4.16. The van der Waals surface area contributed by atoms with Crippen LogP contribution in [0.25, 0.3) is 10.9 Å². The maximum atomic E-state index is 12.7. The Morgan fingerprint density at radius 3 is 2.70 bits per heavy atom. The van der Waals surface area contributed by atoms with Crippen LogP contribution in [0.15, 0.2) is 36.7 Å². The lowest BCUT2D eigenvalue weighted by Gasteiger charge is -2.19. The Balaban J connectivity index is 1.93. The molecule has 1 aromatic heterocycles. The maximum absolute atomic E-state index is 12.7. The zero-order valence-corrected chi connectivity index (χ0v) is 13.3. The Hall–Kier alpha value is -2.08. The van der Waals surface area contributed by atoms with E-state index in [9.17, 15) is 8.78 Å². The highest BCUT2D eigenvalue weighted by molar-refractivity contribution is 5.82. The summed E-state index contributed by atoms with van der Waals surface area (Å²) in [5.74, 6) is 0. The number of halogens is 2. The molecule has 0 bridgehead atoms. The fourth-order valence-electron chi connectivity index (χ4n) is 3.03. The molecule has 0 atom stereocenters. The third-order valence-electron chi connectivity index (χ3n) is 4.16. The minimum atomic E-state index is -2.29. The van der Waals surface area contributed by atoms with E-state index < -0.39 is 6.43 Å². The van der Waals surface area contributed by atoms with Crippen LogP contribution >= 0.6 is 0 Å². The van der Waals surface area contributed by atoms with Crippen LogP contribution < -0.4 is 5.73 Å². The quantitative estimate of drug-likeness (QED) is 0.889. The number of benzene rings is 1. The molecule has 0 spiro atoms. The first-order chi connectivity index (χ1) is 11.1. The lowest BCUT2D eigenvalue weighted by atomic mass is 10.1. The van der Waals surface area contributed by atoms with Gasteiger partial charge in [0.15, 0.2) is 0 Å². The van der Waals surface area contributed by atoms with Gasteiger partial charge in [-0.2, -0.15) is 0 Å². The van der Waals surface area contributed by atoms with Gasteiger partial charge in [0.25, 0.3) is 0 Å². The van der Waals surface area contributed by atoms with Crippen LogP contribution in [0, 0.1) is 0 Å². The van der Waals surface area contributed by atoms with Gasteiger partial charge in [0.05, 0.1) is 13.2 Å². The molecular weight excluding hydrogens is 298 g/mol. The SMILES string of the molecule is CN1C=CN(Cc2cc3cc(CN)ccc3n2CCC(F)F)C1. The van der Waals surface area contributed by atoms with Crippen molar-refractivity contribution < 1.29 is 8.78 Å². The predicted octanol–water partition coefficient (Wildman–Crippen LogP) is 2.93. The van der Waals surface area contributed by atoms with Gasteiger partial charge >= 0.3 is 0 Å². The highest BCUT2D eigenvalue weighted by Gasteiger charge is 2.15. The number of hydrogen-bond acceptors (Lipinski definition) is 3. The summed E-state index contributed by atoms with van der Waals surface area (Å²) in [4.78, 5) is 4.25. The van der Waals surface area contributed by atoms with E-state index >= 15 is 0 Å². The molecule has 4 nitrogen and oxygen atoms in total. The van der Waals surface area contributed by atoms with Crippen LogP contribution in [0.4, 0.5) is 8.78 Å². The van der Waals surface area contributed by atoms with Crippen molar-refractivity contribution >= 4 is 10.9 Å². The second-order valence-corrected chi connectivity index (χ2v) is 6.01. The molecule has 0 radical (unpaired) electrons. The molecular formula is C17H22F2N4. The van der Waals surface area contributed by atoms with Crippen molar-refractivity contribution in [2.75, 3.05) is 13.7 Å². The summed E-state index contributed by atoms with van der Waals surface area (Å²) in [7, 11) is 2.01. The third kappa shape index (κ3) is 3.47. The van der Waals surface area contributed by atoms with Crippen LogP contribution in [0.2, 0.25) is 0 Å². The molecule has 0 aliphatic carbocycles. The van der Waals surface area contributed by atoms with Gasteiger partial charge in [-0.05, 0) is 23.8 Å². The molecule has 23 heavy (non-hydrogen) atoms. The van der Waals surface area contributed by atoms with Gasteiger partial charge in [0.1, 0.15) is 0 Å². The summed E-state index contributed by atoms with van der Waals surface area (Å²) in [5, 5.41) is 1.06. The van der Waals surface area contributed by atoms with Gasteiger partial charge in [0.2, 0.25) is 6.43 Å². The topological polar surface area (TPSA) is 37.4 Å². The van der Waals surface area contributed by atoms with Crippen molar-refractivity contribution in [1.82, 2.24) is 14.4 Å². The van der Waals surface area contributed by atoms with E-state index in [-0.39, 0.29) is 6.42 Å². The number of fused-ring (bicyclic) bond motifs is 1. The zero-order valence-electron chi connectivity index (χ0n) is 13.3. The predicted molar refractivity (Wildman–Crippen MR) is 87.8 cm³/mol. The number of aryl methyl sites for hydroxylation is 1. The summed E-state index contributed by atoms with van der Waals surface area (Å²) in [5.41, 5.74) is 8.80. The monoisotopic (exact) mass is 320 g/mol. The summed E-state index contributed by atoms with van der Waals surface area (Å²) in [6.07, 6.45) is 1.62. The van der Waals surface area contributed by atoms with E-state index in [2.05, 4.69) is 15.9 Å². The van der Waals surface area contributed by atoms with Gasteiger partial charge < -0.3 is 20.1 Å². The smallest absolute Gasteiger partial charge is 0.240 e. The van der Waals surface area contributed by atoms with Crippen molar-refractivity contribution in [3.63, 3.8) is 0 Å². The summed E-state index contributed by atoms with van der Waals surface area (Å²) < 4.78 is 27.4. The molecule has 1 aromatic carbocycles. The molecule has 0 amide bonds. The van der Waals surface area contributed by atoms with Crippen molar-refractivity contribution in [2.24, 2.45) is 5.73 Å². The van der Waals surface area contributed by atoms with E-state index in [0.717, 1.165) is 28.8 Å². The minimum absolute atomic E-state index is 0.134. The molecule has 2 heterocycles. The van der Waals surface area contributed by atoms with E-state index in [4.69, 9.17) is 5.73 Å². The van der Waals surface area contributed by atoms with E-state index in [0.29, 0.717) is 19.6 Å². The minimum Gasteiger partial charge on any atom is -0.362 e. The molecule has 1 aliphatic heterocycles. The van der Waals surface area contributed by atoms with Crippen LogP contribution in [0.1, 0.15) is 17.7 Å². The van der Waals surface area contributed by atoms with Crippen molar-refractivity contribution in [3.8, 4) is 0 Å². The Morgan fingerprint density at radius 2 is 2.04 bits per heavy atom. The Bertz CT molecular complexity index is 708. The van der Waals surface area contributed by atoms with Crippen LogP contribution in [-0.4, -0.2) is 34.5 Å². The Morgan fingerprint density at radius 1 is 1.22 bits per heavy atom. The number of aromatic nitrogens is 1. The van der Waals surface area contributed by atoms with Crippen molar-refractivity contribution in [3.05, 3.63) is 47.9 Å². The Labute approximate surface area is 134 Å². The van der Waals surface area contributed by atoms with Gasteiger partial charge in [-0.25, -0.2) is 8.78 Å². The van der Waals surface area contributed by atoms with Crippen molar-refractivity contribution in [2.45, 2.75) is 32.5 Å².